The number of carboxylic acids is 1. The number of benzene rings is 2. The molecule has 0 aromatic heterocycles. The lowest BCUT2D eigenvalue weighted by atomic mass is 10.2. The molecule has 7 heteroatoms. The lowest BCUT2D eigenvalue weighted by Crippen LogP contribution is -2.01. The van der Waals surface area contributed by atoms with E-state index in [0.717, 1.165) is 24.5 Å². The zero-order valence-corrected chi connectivity index (χ0v) is 11.7. The summed E-state index contributed by atoms with van der Waals surface area (Å²) in [4.78, 5) is 11.1. The molecule has 2 aromatic carbocycles. The number of carbonyl (C=O) groups is 1. The van der Waals surface area contributed by atoms with Gasteiger partial charge in [-0.05, 0) is 36.4 Å². The number of hydrogen-bond acceptors (Lipinski definition) is 4. The van der Waals surface area contributed by atoms with E-state index < -0.39 is 21.6 Å². The van der Waals surface area contributed by atoms with Gasteiger partial charge in [-0.1, -0.05) is 0 Å². The molecule has 0 saturated carbocycles. The first-order valence-corrected chi connectivity index (χ1v) is 7.67. The molecule has 0 aliphatic rings. The molecule has 5 nitrogen and oxygen atoms in total. The van der Waals surface area contributed by atoms with E-state index in [2.05, 4.69) is 0 Å². The monoisotopic (exact) mass is 310 g/mol. The van der Waals surface area contributed by atoms with Crippen LogP contribution in [-0.4, -0.2) is 25.7 Å². The van der Waals surface area contributed by atoms with E-state index in [1.807, 2.05) is 0 Å². The van der Waals surface area contributed by atoms with Crippen LogP contribution in [0.5, 0.6) is 11.5 Å². The van der Waals surface area contributed by atoms with Gasteiger partial charge in [-0.3, -0.25) is 0 Å². The molecular weight excluding hydrogens is 299 g/mol. The molecule has 0 bridgehead atoms. The first-order chi connectivity index (χ1) is 9.77. The Morgan fingerprint density at radius 1 is 1.14 bits per heavy atom. The standard InChI is InChI=1S/C14H11FO5S/c1-21(18,19)11-5-3-10(4-6-11)20-13-8-9(15)2-7-12(13)14(16)17/h2-8H,1H3,(H,16,17). The van der Waals surface area contributed by atoms with Gasteiger partial charge in [-0.2, -0.15) is 0 Å². The van der Waals surface area contributed by atoms with Crippen molar-refractivity contribution in [3.8, 4) is 11.5 Å². The van der Waals surface area contributed by atoms with Crippen LogP contribution in [0, 0.1) is 5.82 Å². The van der Waals surface area contributed by atoms with Crippen molar-refractivity contribution in [2.75, 3.05) is 6.26 Å². The van der Waals surface area contributed by atoms with Crippen molar-refractivity contribution in [3.05, 3.63) is 53.8 Å². The maximum Gasteiger partial charge on any atom is 0.339 e. The number of rotatable bonds is 4. The highest BCUT2D eigenvalue weighted by Crippen LogP contribution is 2.27. The van der Waals surface area contributed by atoms with E-state index >= 15 is 0 Å². The summed E-state index contributed by atoms with van der Waals surface area (Å²) >= 11 is 0. The van der Waals surface area contributed by atoms with Crippen molar-refractivity contribution < 1.29 is 27.4 Å². The summed E-state index contributed by atoms with van der Waals surface area (Å²) in [6.45, 7) is 0. The minimum atomic E-state index is -3.33. The van der Waals surface area contributed by atoms with Crippen LogP contribution < -0.4 is 4.74 Å². The Morgan fingerprint density at radius 2 is 1.76 bits per heavy atom. The van der Waals surface area contributed by atoms with Gasteiger partial charge >= 0.3 is 5.97 Å². The molecule has 0 atom stereocenters. The van der Waals surface area contributed by atoms with Crippen LogP contribution in [0.3, 0.4) is 0 Å². The van der Waals surface area contributed by atoms with Crippen molar-refractivity contribution in [3.63, 3.8) is 0 Å². The SMILES string of the molecule is CS(=O)(=O)c1ccc(Oc2cc(F)ccc2C(=O)O)cc1. The Balaban J connectivity index is 2.34. The highest BCUT2D eigenvalue weighted by Gasteiger charge is 2.14. The number of aromatic carboxylic acids is 1. The van der Waals surface area contributed by atoms with E-state index in [0.29, 0.717) is 0 Å². The van der Waals surface area contributed by atoms with E-state index in [1.54, 1.807) is 0 Å². The highest BCUT2D eigenvalue weighted by atomic mass is 32.2. The lowest BCUT2D eigenvalue weighted by Gasteiger charge is -2.09. The minimum absolute atomic E-state index is 0.104. The van der Waals surface area contributed by atoms with Gasteiger partial charge in [0, 0.05) is 12.3 Å². The van der Waals surface area contributed by atoms with Gasteiger partial charge in [0.25, 0.3) is 0 Å². The van der Waals surface area contributed by atoms with Gasteiger partial charge in [-0.15, -0.1) is 0 Å². The fourth-order valence-electron chi connectivity index (χ4n) is 1.64. The zero-order valence-electron chi connectivity index (χ0n) is 10.9. The van der Waals surface area contributed by atoms with Crippen LogP contribution in [0.1, 0.15) is 10.4 Å². The average Bonchev–Trinajstić information content (AvgIpc) is 2.38. The molecule has 0 radical (unpaired) electrons. The summed E-state index contributed by atoms with van der Waals surface area (Å²) in [6, 6.07) is 8.45. The average molecular weight is 310 g/mol. The molecule has 0 aliphatic carbocycles. The predicted molar refractivity (Wildman–Crippen MR) is 73.0 cm³/mol. The van der Waals surface area contributed by atoms with E-state index in [4.69, 9.17) is 9.84 Å². The van der Waals surface area contributed by atoms with E-state index in [-0.39, 0.29) is 22.0 Å². The molecule has 2 rings (SSSR count). The summed E-state index contributed by atoms with van der Waals surface area (Å²) in [5.41, 5.74) is -0.191. The van der Waals surface area contributed by atoms with Gasteiger partial charge in [0.15, 0.2) is 9.84 Å². The quantitative estimate of drug-likeness (QED) is 0.939. The van der Waals surface area contributed by atoms with E-state index in [9.17, 15) is 17.6 Å². The third-order valence-corrected chi connectivity index (χ3v) is 3.78. The molecule has 0 amide bonds. The van der Waals surface area contributed by atoms with Crippen LogP contribution in [0.4, 0.5) is 4.39 Å². The zero-order chi connectivity index (χ0) is 15.6. The molecule has 0 aliphatic heterocycles. The van der Waals surface area contributed by atoms with Crippen LogP contribution >= 0.6 is 0 Å². The largest absolute Gasteiger partial charge is 0.478 e. The third kappa shape index (κ3) is 3.57. The molecule has 0 fully saturated rings. The van der Waals surface area contributed by atoms with Crippen LogP contribution in [0.2, 0.25) is 0 Å². The Hall–Kier alpha value is -2.41. The summed E-state index contributed by atoms with van der Waals surface area (Å²) in [5, 5.41) is 9.00. The second kappa shape index (κ2) is 5.53. The van der Waals surface area contributed by atoms with Gasteiger partial charge in [0.1, 0.15) is 22.9 Å². The topological polar surface area (TPSA) is 80.7 Å². The molecule has 2 aromatic rings. The number of carboxylic acid groups (broad SMARTS) is 1. The van der Waals surface area contributed by atoms with E-state index in [1.165, 1.54) is 24.3 Å². The fourth-order valence-corrected chi connectivity index (χ4v) is 2.27. The minimum Gasteiger partial charge on any atom is -0.478 e. The van der Waals surface area contributed by atoms with Crippen LogP contribution in [-0.2, 0) is 9.84 Å². The molecule has 0 unspecified atom stereocenters. The van der Waals surface area contributed by atoms with Crippen LogP contribution in [0.15, 0.2) is 47.4 Å². The number of sulfone groups is 1. The molecule has 0 spiro atoms. The number of ether oxygens (including phenoxy) is 1. The van der Waals surface area contributed by atoms with Gasteiger partial charge in [0.2, 0.25) is 0 Å². The molecular formula is C14H11FO5S. The highest BCUT2D eigenvalue weighted by molar-refractivity contribution is 7.90. The van der Waals surface area contributed by atoms with Crippen molar-refractivity contribution in [2.24, 2.45) is 0 Å². The number of halogens is 1. The molecule has 0 saturated heterocycles. The van der Waals surface area contributed by atoms with Gasteiger partial charge in [-0.25, -0.2) is 17.6 Å². The summed E-state index contributed by atoms with van der Waals surface area (Å²) < 4.78 is 41.1. The summed E-state index contributed by atoms with van der Waals surface area (Å²) in [5.74, 6) is -1.84. The summed E-state index contributed by atoms with van der Waals surface area (Å²) in [7, 11) is -3.33. The molecule has 110 valence electrons. The van der Waals surface area contributed by atoms with Crippen molar-refractivity contribution in [1.29, 1.82) is 0 Å². The normalized spacial score (nSPS) is 11.1. The maximum atomic E-state index is 13.2. The molecule has 0 heterocycles. The van der Waals surface area contributed by atoms with Gasteiger partial charge in [0.05, 0.1) is 4.90 Å². The maximum absolute atomic E-state index is 13.2. The Kier molecular flexibility index (Phi) is 3.95. The predicted octanol–water partition coefficient (Wildman–Crippen LogP) is 2.72. The third-order valence-electron chi connectivity index (χ3n) is 2.65. The smallest absolute Gasteiger partial charge is 0.339 e. The molecule has 21 heavy (non-hydrogen) atoms. The van der Waals surface area contributed by atoms with Crippen molar-refractivity contribution in [2.45, 2.75) is 4.90 Å². The Bertz CT molecular complexity index is 782. The Morgan fingerprint density at radius 3 is 2.29 bits per heavy atom. The second-order valence-electron chi connectivity index (χ2n) is 4.29. The second-order valence-corrected chi connectivity index (χ2v) is 6.31. The fraction of sp³-hybridized carbons (Fsp3) is 0.0714. The van der Waals surface area contributed by atoms with Crippen LogP contribution in [0.25, 0.3) is 0 Å². The molecule has 1 N–H and O–H groups in total. The first kappa shape index (κ1) is 15.0. The van der Waals surface area contributed by atoms with Gasteiger partial charge < -0.3 is 9.84 Å². The van der Waals surface area contributed by atoms with Crippen molar-refractivity contribution in [1.82, 2.24) is 0 Å². The summed E-state index contributed by atoms with van der Waals surface area (Å²) in [6.07, 6.45) is 1.07. The first-order valence-electron chi connectivity index (χ1n) is 5.78. The van der Waals surface area contributed by atoms with Crippen molar-refractivity contribution >= 4 is 15.8 Å². The number of hydrogen-bond donors (Lipinski definition) is 1. The Labute approximate surface area is 120 Å². The lowest BCUT2D eigenvalue weighted by molar-refractivity contribution is 0.0694.